The maximum atomic E-state index is 2.33. The molecule has 0 aromatic carbocycles. The van der Waals surface area contributed by atoms with Crippen LogP contribution in [-0.4, -0.2) is 20.0 Å². The Bertz CT molecular complexity index is 194. The van der Waals surface area contributed by atoms with E-state index in [2.05, 4.69) is 43.8 Å². The Balaban J connectivity index is 2.74. The summed E-state index contributed by atoms with van der Waals surface area (Å²) in [5.41, 5.74) is 1.32. The minimum atomic E-state index is 1.08. The maximum absolute atomic E-state index is 2.33. The van der Waals surface area contributed by atoms with E-state index < -0.39 is 0 Å². The molecule has 58 valence electrons. The average molecular weight is 147 g/mol. The van der Waals surface area contributed by atoms with Gasteiger partial charge in [0.25, 0.3) is 0 Å². The zero-order valence-corrected chi connectivity index (χ0v) is 7.25. The molecule has 0 saturated heterocycles. The van der Waals surface area contributed by atoms with Crippen LogP contribution in [0.5, 0.6) is 0 Å². The second kappa shape index (κ2) is 4.17. The molecule has 2 heteroatoms. The molecule has 1 nitrogen and oxygen atoms in total. The summed E-state index contributed by atoms with van der Waals surface area (Å²) in [5, 5.41) is 0. The standard InChI is InChI=1S/C9H14BN/c1-3-11(4-2)9-7-5-6-8-10-9/h5-8H,3-4H2,1-2H3. The van der Waals surface area contributed by atoms with Gasteiger partial charge in [0.2, 0.25) is 0 Å². The van der Waals surface area contributed by atoms with E-state index >= 15 is 0 Å². The van der Waals surface area contributed by atoms with Gasteiger partial charge in [-0.05, 0) is 0 Å². The van der Waals surface area contributed by atoms with Crippen molar-refractivity contribution in [1.29, 1.82) is 0 Å². The van der Waals surface area contributed by atoms with Crippen molar-refractivity contribution in [2.75, 3.05) is 18.0 Å². The number of hydrogen-bond donors (Lipinski definition) is 0. The first-order valence-electron chi connectivity index (χ1n) is 4.18. The predicted molar refractivity (Wildman–Crippen MR) is 51.4 cm³/mol. The molecule has 1 rings (SSSR count). The van der Waals surface area contributed by atoms with E-state index in [4.69, 9.17) is 0 Å². The molecule has 1 aromatic heterocycles. The van der Waals surface area contributed by atoms with Crippen LogP contribution < -0.4 is 4.90 Å². The van der Waals surface area contributed by atoms with Gasteiger partial charge >= 0.3 is 68.5 Å². The van der Waals surface area contributed by atoms with Crippen molar-refractivity contribution in [3.05, 3.63) is 24.2 Å². The van der Waals surface area contributed by atoms with Crippen LogP contribution in [0, 0.1) is 0 Å². The Morgan fingerprint density at radius 2 is 2.00 bits per heavy atom. The summed E-state index contributed by atoms with van der Waals surface area (Å²) in [6.07, 6.45) is 0. The van der Waals surface area contributed by atoms with Crippen molar-refractivity contribution in [3.8, 4) is 0 Å². The first-order valence-corrected chi connectivity index (χ1v) is 4.18. The van der Waals surface area contributed by atoms with Gasteiger partial charge in [-0.1, -0.05) is 0 Å². The second-order valence-corrected chi connectivity index (χ2v) is 2.51. The molecule has 0 aliphatic carbocycles. The van der Waals surface area contributed by atoms with Crippen LogP contribution in [0.25, 0.3) is 0 Å². The Labute approximate surface area is 69.3 Å². The molecule has 1 heterocycles. The third-order valence-corrected chi connectivity index (χ3v) is 1.88. The van der Waals surface area contributed by atoms with E-state index in [0.29, 0.717) is 0 Å². The van der Waals surface area contributed by atoms with Crippen molar-refractivity contribution < 1.29 is 0 Å². The zero-order chi connectivity index (χ0) is 8.10. The fourth-order valence-electron chi connectivity index (χ4n) is 1.23. The van der Waals surface area contributed by atoms with E-state index in [9.17, 15) is 0 Å². The summed E-state index contributed by atoms with van der Waals surface area (Å²) in [5.74, 6) is 2.08. The molecule has 11 heavy (non-hydrogen) atoms. The molecule has 0 bridgehead atoms. The molecule has 0 aliphatic heterocycles. The SMILES string of the molecule is CCN(CC)c1bcccc1. The van der Waals surface area contributed by atoms with Crippen LogP contribution in [-0.2, 0) is 0 Å². The average Bonchev–Trinajstić information content (AvgIpc) is 2.09. The summed E-state index contributed by atoms with van der Waals surface area (Å²) in [7, 11) is 0. The number of rotatable bonds is 3. The van der Waals surface area contributed by atoms with Crippen LogP contribution in [0.1, 0.15) is 13.8 Å². The van der Waals surface area contributed by atoms with Gasteiger partial charge in [0, 0.05) is 0 Å². The van der Waals surface area contributed by atoms with Crippen molar-refractivity contribution in [2.45, 2.75) is 13.8 Å². The molecule has 0 radical (unpaired) electrons. The summed E-state index contributed by atoms with van der Waals surface area (Å²) in [4.78, 5) is 2.33. The molecular formula is C9H14BN. The van der Waals surface area contributed by atoms with Crippen molar-refractivity contribution in [1.82, 2.24) is 0 Å². The summed E-state index contributed by atoms with van der Waals surface area (Å²) in [6, 6.07) is 6.27. The van der Waals surface area contributed by atoms with Gasteiger partial charge in [0.1, 0.15) is 0 Å². The van der Waals surface area contributed by atoms with Crippen molar-refractivity contribution >= 4 is 12.5 Å². The molecule has 0 spiro atoms. The molecule has 0 aliphatic rings. The Morgan fingerprint density at radius 1 is 1.27 bits per heavy atom. The Morgan fingerprint density at radius 3 is 2.45 bits per heavy atom. The number of nitrogens with zero attached hydrogens (tertiary/aromatic N) is 1. The van der Waals surface area contributed by atoms with E-state index in [0.717, 1.165) is 13.1 Å². The van der Waals surface area contributed by atoms with E-state index in [1.165, 1.54) is 5.58 Å². The molecular weight excluding hydrogens is 133 g/mol. The van der Waals surface area contributed by atoms with Crippen molar-refractivity contribution in [3.63, 3.8) is 0 Å². The van der Waals surface area contributed by atoms with Crippen LogP contribution in [0.2, 0.25) is 0 Å². The van der Waals surface area contributed by atoms with E-state index in [1.807, 2.05) is 6.07 Å². The fraction of sp³-hybridized carbons (Fsp3) is 0.444. The Kier molecular flexibility index (Phi) is 3.15. The van der Waals surface area contributed by atoms with Gasteiger partial charge in [-0.15, -0.1) is 0 Å². The fourth-order valence-corrected chi connectivity index (χ4v) is 1.23. The van der Waals surface area contributed by atoms with Gasteiger partial charge in [0.05, 0.1) is 0 Å². The topological polar surface area (TPSA) is 3.24 Å². The van der Waals surface area contributed by atoms with Gasteiger partial charge < -0.3 is 0 Å². The van der Waals surface area contributed by atoms with Crippen LogP contribution in [0.15, 0.2) is 24.2 Å². The van der Waals surface area contributed by atoms with E-state index in [-0.39, 0.29) is 0 Å². The van der Waals surface area contributed by atoms with Gasteiger partial charge in [-0.2, -0.15) is 0 Å². The van der Waals surface area contributed by atoms with Gasteiger partial charge in [0.15, 0.2) is 0 Å². The first-order chi connectivity index (χ1) is 5.38. The number of anilines is 1. The molecule has 0 amide bonds. The quantitative estimate of drug-likeness (QED) is 0.630. The normalized spacial score (nSPS) is 9.27. The first kappa shape index (κ1) is 8.31. The van der Waals surface area contributed by atoms with Crippen LogP contribution in [0.3, 0.4) is 0 Å². The van der Waals surface area contributed by atoms with E-state index in [1.54, 1.807) is 0 Å². The number of hydrogen-bond acceptors (Lipinski definition) is 1. The zero-order valence-electron chi connectivity index (χ0n) is 7.25. The minimum absolute atomic E-state index is 1.08. The monoisotopic (exact) mass is 147 g/mol. The Hall–Kier alpha value is -0.785. The molecule has 0 unspecified atom stereocenters. The molecule has 0 fully saturated rings. The van der Waals surface area contributed by atoms with Crippen LogP contribution >= 0.6 is 0 Å². The van der Waals surface area contributed by atoms with Gasteiger partial charge in [-0.25, -0.2) is 0 Å². The predicted octanol–water partition coefficient (Wildman–Crippen LogP) is 1.87. The molecule has 0 atom stereocenters. The van der Waals surface area contributed by atoms with Gasteiger partial charge in [-0.3, -0.25) is 0 Å². The summed E-state index contributed by atoms with van der Waals surface area (Å²) >= 11 is 0. The summed E-state index contributed by atoms with van der Waals surface area (Å²) in [6.45, 7) is 8.67. The molecule has 0 saturated carbocycles. The van der Waals surface area contributed by atoms with Crippen molar-refractivity contribution in [2.24, 2.45) is 0 Å². The third kappa shape index (κ3) is 2.07. The molecule has 0 N–H and O–H groups in total. The molecule has 1 aromatic rings. The second-order valence-electron chi connectivity index (χ2n) is 2.51. The summed E-state index contributed by atoms with van der Waals surface area (Å²) < 4.78 is 0. The van der Waals surface area contributed by atoms with Crippen LogP contribution in [0.4, 0.5) is 5.58 Å². The third-order valence-electron chi connectivity index (χ3n) is 1.88.